The van der Waals surface area contributed by atoms with Gasteiger partial charge >= 0.3 is 0 Å². The maximum atomic E-state index is 11.8. The average Bonchev–Trinajstić information content (AvgIpc) is 2.42. The van der Waals surface area contributed by atoms with Crippen LogP contribution in [-0.4, -0.2) is 41.7 Å². The summed E-state index contributed by atoms with van der Waals surface area (Å²) in [5, 5.41) is 3.35. The summed E-state index contributed by atoms with van der Waals surface area (Å²) in [6.07, 6.45) is 1.68. The lowest BCUT2D eigenvalue weighted by Gasteiger charge is -2.19. The van der Waals surface area contributed by atoms with Crippen LogP contribution in [-0.2, 0) is 9.53 Å². The summed E-state index contributed by atoms with van der Waals surface area (Å²) in [6.45, 7) is 5.83. The highest BCUT2D eigenvalue weighted by molar-refractivity contribution is 7.80. The minimum absolute atomic E-state index is 0.0516. The Morgan fingerprint density at radius 2 is 2.50 bits per heavy atom. The average molecular weight is 214 g/mol. The molecule has 2 unspecified atom stereocenters. The molecule has 0 aromatic rings. The Morgan fingerprint density at radius 1 is 1.86 bits per heavy atom. The minimum Gasteiger partial charge on any atom is -0.382 e. The van der Waals surface area contributed by atoms with Gasteiger partial charge in [0.05, 0.1) is 12.6 Å². The molecular formula is C9H14N2O2S. The van der Waals surface area contributed by atoms with Crippen molar-refractivity contribution in [2.24, 2.45) is 0 Å². The molecule has 0 radical (unpaired) electrons. The summed E-state index contributed by atoms with van der Waals surface area (Å²) in [7, 11) is 1.55. The molecule has 4 nitrogen and oxygen atoms in total. The van der Waals surface area contributed by atoms with Crippen LogP contribution < -0.4 is 5.32 Å². The van der Waals surface area contributed by atoms with Crippen LogP contribution in [0.3, 0.4) is 0 Å². The van der Waals surface area contributed by atoms with Gasteiger partial charge in [-0.25, -0.2) is 0 Å². The van der Waals surface area contributed by atoms with Crippen molar-refractivity contribution in [2.45, 2.75) is 19.0 Å². The van der Waals surface area contributed by atoms with E-state index in [-0.39, 0.29) is 18.0 Å². The van der Waals surface area contributed by atoms with Gasteiger partial charge in [-0.2, -0.15) is 0 Å². The van der Waals surface area contributed by atoms with Crippen LogP contribution in [0.2, 0.25) is 0 Å². The summed E-state index contributed by atoms with van der Waals surface area (Å²) in [5.74, 6) is -0.0516. The summed E-state index contributed by atoms with van der Waals surface area (Å²) in [4.78, 5) is 13.3. The van der Waals surface area contributed by atoms with E-state index in [4.69, 9.17) is 17.0 Å². The molecule has 0 saturated carbocycles. The molecule has 0 aliphatic carbocycles. The zero-order valence-electron chi connectivity index (χ0n) is 8.32. The molecule has 14 heavy (non-hydrogen) atoms. The summed E-state index contributed by atoms with van der Waals surface area (Å²) >= 11 is 5.04. The summed E-state index contributed by atoms with van der Waals surface area (Å²) in [6, 6.07) is -0.431. The van der Waals surface area contributed by atoms with Gasteiger partial charge in [0.2, 0.25) is 0 Å². The van der Waals surface area contributed by atoms with Gasteiger partial charge in [0.15, 0.2) is 5.11 Å². The molecule has 1 fully saturated rings. The topological polar surface area (TPSA) is 41.6 Å². The van der Waals surface area contributed by atoms with Crippen molar-refractivity contribution < 1.29 is 9.53 Å². The summed E-state index contributed by atoms with van der Waals surface area (Å²) in [5.41, 5.74) is 0. The van der Waals surface area contributed by atoms with Crippen molar-refractivity contribution in [1.82, 2.24) is 10.2 Å². The number of nitrogens with one attached hydrogen (secondary N) is 1. The highest BCUT2D eigenvalue weighted by atomic mass is 32.1. The molecule has 1 aliphatic heterocycles. The largest absolute Gasteiger partial charge is 0.382 e. The molecule has 5 heteroatoms. The Morgan fingerprint density at radius 3 is 3.00 bits per heavy atom. The van der Waals surface area contributed by atoms with Gasteiger partial charge in [-0.15, -0.1) is 6.58 Å². The molecule has 1 N–H and O–H groups in total. The normalized spacial score (nSPS) is 23.6. The van der Waals surface area contributed by atoms with Crippen LogP contribution in [0.25, 0.3) is 0 Å². The second-order valence-corrected chi connectivity index (χ2v) is 3.53. The second kappa shape index (κ2) is 4.52. The van der Waals surface area contributed by atoms with Crippen molar-refractivity contribution in [3.05, 3.63) is 12.7 Å². The molecule has 2 atom stereocenters. The number of ether oxygens (including phenoxy) is 1. The van der Waals surface area contributed by atoms with Crippen LogP contribution >= 0.6 is 12.2 Å². The van der Waals surface area contributed by atoms with Crippen molar-refractivity contribution in [3.8, 4) is 0 Å². The van der Waals surface area contributed by atoms with Crippen molar-refractivity contribution in [3.63, 3.8) is 0 Å². The number of carbonyl (C=O) groups excluding carboxylic acids is 1. The van der Waals surface area contributed by atoms with Gasteiger partial charge in [0, 0.05) is 7.11 Å². The van der Waals surface area contributed by atoms with Gasteiger partial charge in [-0.05, 0) is 19.1 Å². The first kappa shape index (κ1) is 11.1. The van der Waals surface area contributed by atoms with Gasteiger partial charge < -0.3 is 10.1 Å². The maximum Gasteiger partial charge on any atom is 0.254 e. The van der Waals surface area contributed by atoms with E-state index in [1.807, 2.05) is 6.92 Å². The first-order valence-electron chi connectivity index (χ1n) is 4.37. The minimum atomic E-state index is -0.352. The zero-order chi connectivity index (χ0) is 10.7. The number of carbonyl (C=O) groups is 1. The number of hydrogen-bond donors (Lipinski definition) is 1. The fourth-order valence-electron chi connectivity index (χ4n) is 1.32. The molecule has 0 aromatic heterocycles. The molecule has 0 bridgehead atoms. The van der Waals surface area contributed by atoms with Gasteiger partial charge in [0.1, 0.15) is 6.04 Å². The van der Waals surface area contributed by atoms with E-state index in [2.05, 4.69) is 11.9 Å². The van der Waals surface area contributed by atoms with Crippen LogP contribution in [0.4, 0.5) is 0 Å². The predicted octanol–water partition coefficient (Wildman–Crippen LogP) is 0.293. The number of hydrogen-bond acceptors (Lipinski definition) is 3. The Kier molecular flexibility index (Phi) is 3.60. The van der Waals surface area contributed by atoms with E-state index >= 15 is 0 Å². The molecule has 1 aliphatic rings. The summed E-state index contributed by atoms with van der Waals surface area (Å²) < 4.78 is 4.91. The molecule has 0 aromatic carbocycles. The lowest BCUT2D eigenvalue weighted by atomic mass is 10.2. The molecule has 1 rings (SSSR count). The Hall–Kier alpha value is -0.940. The number of rotatable bonds is 4. The van der Waals surface area contributed by atoms with Crippen molar-refractivity contribution in [2.75, 3.05) is 13.7 Å². The Labute approximate surface area is 88.9 Å². The second-order valence-electron chi connectivity index (χ2n) is 3.14. The SMILES string of the molecule is C=CC(C)N1C(=O)C(COC)NC1=S. The monoisotopic (exact) mass is 214 g/mol. The number of amides is 1. The van der Waals surface area contributed by atoms with E-state index in [1.54, 1.807) is 13.2 Å². The molecule has 78 valence electrons. The Balaban J connectivity index is 2.74. The van der Waals surface area contributed by atoms with Crippen LogP contribution in [0.5, 0.6) is 0 Å². The van der Waals surface area contributed by atoms with E-state index in [0.29, 0.717) is 11.7 Å². The van der Waals surface area contributed by atoms with Crippen molar-refractivity contribution in [1.29, 1.82) is 0 Å². The van der Waals surface area contributed by atoms with Crippen LogP contribution in [0, 0.1) is 0 Å². The van der Waals surface area contributed by atoms with Crippen LogP contribution in [0.1, 0.15) is 6.92 Å². The van der Waals surface area contributed by atoms with Gasteiger partial charge in [0.25, 0.3) is 5.91 Å². The first-order valence-corrected chi connectivity index (χ1v) is 4.77. The maximum absolute atomic E-state index is 11.8. The van der Waals surface area contributed by atoms with Crippen LogP contribution in [0.15, 0.2) is 12.7 Å². The fraction of sp³-hybridized carbons (Fsp3) is 0.556. The first-order chi connectivity index (χ1) is 6.61. The van der Waals surface area contributed by atoms with E-state index < -0.39 is 0 Å². The third-order valence-electron chi connectivity index (χ3n) is 2.13. The van der Waals surface area contributed by atoms with E-state index in [0.717, 1.165) is 0 Å². The molecule has 0 spiro atoms. The van der Waals surface area contributed by atoms with Gasteiger partial charge in [-0.3, -0.25) is 9.69 Å². The molecular weight excluding hydrogens is 200 g/mol. The Bertz CT molecular complexity index is 268. The third kappa shape index (κ3) is 1.93. The zero-order valence-corrected chi connectivity index (χ0v) is 9.13. The smallest absolute Gasteiger partial charge is 0.254 e. The third-order valence-corrected chi connectivity index (χ3v) is 2.45. The number of methoxy groups -OCH3 is 1. The quantitative estimate of drug-likeness (QED) is 0.539. The molecule has 1 saturated heterocycles. The van der Waals surface area contributed by atoms with Gasteiger partial charge in [-0.1, -0.05) is 6.08 Å². The lowest BCUT2D eigenvalue weighted by Crippen LogP contribution is -2.38. The highest BCUT2D eigenvalue weighted by Gasteiger charge is 2.37. The molecule has 1 amide bonds. The number of thiocarbonyl (C=S) groups is 1. The number of nitrogens with zero attached hydrogens (tertiary/aromatic N) is 1. The fourth-order valence-corrected chi connectivity index (χ4v) is 1.72. The van der Waals surface area contributed by atoms with E-state index in [9.17, 15) is 4.79 Å². The van der Waals surface area contributed by atoms with Crippen molar-refractivity contribution >= 4 is 23.2 Å². The standard InChI is InChI=1S/C9H14N2O2S/c1-4-6(2)11-8(12)7(5-13-3)10-9(11)14/h4,6-7H,1,5H2,2-3H3,(H,10,14). The lowest BCUT2D eigenvalue weighted by molar-refractivity contribution is -0.128. The predicted molar refractivity (Wildman–Crippen MR) is 57.9 cm³/mol. The highest BCUT2D eigenvalue weighted by Crippen LogP contribution is 2.11. The molecule has 1 heterocycles. The van der Waals surface area contributed by atoms with E-state index in [1.165, 1.54) is 4.90 Å².